The van der Waals surface area contributed by atoms with Gasteiger partial charge < -0.3 is 10.2 Å². The van der Waals surface area contributed by atoms with Gasteiger partial charge in [-0.1, -0.05) is 18.5 Å². The van der Waals surface area contributed by atoms with E-state index in [1.54, 1.807) is 6.07 Å². The van der Waals surface area contributed by atoms with Gasteiger partial charge in [0.15, 0.2) is 0 Å². The Hall–Kier alpha value is -0.940. The van der Waals surface area contributed by atoms with Crippen molar-refractivity contribution in [3.8, 4) is 0 Å². The van der Waals surface area contributed by atoms with Crippen LogP contribution in [0.3, 0.4) is 0 Å². The number of hydrogen-bond acceptors (Lipinski definition) is 2. The second-order valence-corrected chi connectivity index (χ2v) is 5.83. The molecule has 1 aromatic rings. The van der Waals surface area contributed by atoms with E-state index in [1.165, 1.54) is 6.07 Å². The SMILES string of the molecule is CCC1(C)CN(c2ccc(Cl)c(C(F)(F)F)c2)CCN1. The van der Waals surface area contributed by atoms with Gasteiger partial charge in [-0.25, -0.2) is 0 Å². The summed E-state index contributed by atoms with van der Waals surface area (Å²) >= 11 is 5.65. The van der Waals surface area contributed by atoms with E-state index in [0.29, 0.717) is 18.8 Å². The first-order valence-corrected chi connectivity index (χ1v) is 7.00. The topological polar surface area (TPSA) is 15.3 Å². The number of rotatable bonds is 2. The first-order chi connectivity index (χ1) is 9.25. The third-order valence-electron chi connectivity index (χ3n) is 3.87. The minimum absolute atomic E-state index is 0.0731. The zero-order valence-electron chi connectivity index (χ0n) is 11.5. The van der Waals surface area contributed by atoms with Gasteiger partial charge in [-0.05, 0) is 31.5 Å². The minimum Gasteiger partial charge on any atom is -0.368 e. The van der Waals surface area contributed by atoms with Crippen molar-refractivity contribution >= 4 is 17.3 Å². The number of nitrogens with zero attached hydrogens (tertiary/aromatic N) is 1. The van der Waals surface area contributed by atoms with Crippen LogP contribution in [0.1, 0.15) is 25.8 Å². The molecule has 1 atom stereocenters. The molecule has 0 amide bonds. The molecule has 1 aliphatic heterocycles. The Bertz CT molecular complexity index is 490. The molecule has 6 heteroatoms. The van der Waals surface area contributed by atoms with Crippen molar-refractivity contribution in [1.82, 2.24) is 5.32 Å². The maximum atomic E-state index is 12.9. The summed E-state index contributed by atoms with van der Waals surface area (Å²) in [6, 6.07) is 4.12. The zero-order valence-corrected chi connectivity index (χ0v) is 12.3. The summed E-state index contributed by atoms with van der Waals surface area (Å²) in [4.78, 5) is 1.98. The highest BCUT2D eigenvalue weighted by atomic mass is 35.5. The molecule has 0 bridgehead atoms. The van der Waals surface area contributed by atoms with Crippen LogP contribution in [-0.2, 0) is 6.18 Å². The van der Waals surface area contributed by atoms with Crippen LogP contribution in [0.15, 0.2) is 18.2 Å². The fraction of sp³-hybridized carbons (Fsp3) is 0.571. The first-order valence-electron chi connectivity index (χ1n) is 6.62. The summed E-state index contributed by atoms with van der Waals surface area (Å²) in [7, 11) is 0. The molecule has 1 N–H and O–H groups in total. The molecule has 112 valence electrons. The molecule has 1 fully saturated rings. The molecular formula is C14H18ClF3N2. The van der Waals surface area contributed by atoms with Gasteiger partial charge in [0.2, 0.25) is 0 Å². The van der Waals surface area contributed by atoms with Gasteiger partial charge in [-0.15, -0.1) is 0 Å². The highest BCUT2D eigenvalue weighted by Crippen LogP contribution is 2.37. The number of alkyl halides is 3. The highest BCUT2D eigenvalue weighted by molar-refractivity contribution is 6.31. The number of benzene rings is 1. The first kappa shape index (κ1) is 15.4. The van der Waals surface area contributed by atoms with E-state index in [2.05, 4.69) is 19.2 Å². The molecule has 2 nitrogen and oxygen atoms in total. The van der Waals surface area contributed by atoms with E-state index in [0.717, 1.165) is 19.0 Å². The molecule has 1 unspecified atom stereocenters. The van der Waals surface area contributed by atoms with E-state index in [4.69, 9.17) is 11.6 Å². The van der Waals surface area contributed by atoms with E-state index in [1.807, 2.05) is 4.90 Å². The second-order valence-electron chi connectivity index (χ2n) is 5.42. The Balaban J connectivity index is 2.29. The lowest BCUT2D eigenvalue weighted by atomic mass is 9.95. The van der Waals surface area contributed by atoms with Gasteiger partial charge in [0.1, 0.15) is 0 Å². The lowest BCUT2D eigenvalue weighted by molar-refractivity contribution is -0.137. The number of hydrogen-bond donors (Lipinski definition) is 1. The second kappa shape index (κ2) is 5.45. The summed E-state index contributed by atoms with van der Waals surface area (Å²) in [6.07, 6.45) is -3.50. The molecule has 1 saturated heterocycles. The van der Waals surface area contributed by atoms with Crippen LogP contribution < -0.4 is 10.2 Å². The summed E-state index contributed by atoms with van der Waals surface area (Å²) in [6.45, 7) is 6.28. The fourth-order valence-corrected chi connectivity index (χ4v) is 2.66. The molecule has 1 aromatic carbocycles. The summed E-state index contributed by atoms with van der Waals surface area (Å²) in [5, 5.41) is 3.16. The average Bonchev–Trinajstić information content (AvgIpc) is 2.38. The van der Waals surface area contributed by atoms with Gasteiger partial charge in [-0.2, -0.15) is 13.2 Å². The van der Waals surface area contributed by atoms with Crippen molar-refractivity contribution < 1.29 is 13.2 Å². The van der Waals surface area contributed by atoms with E-state index in [9.17, 15) is 13.2 Å². The average molecular weight is 307 g/mol. The van der Waals surface area contributed by atoms with Crippen molar-refractivity contribution in [1.29, 1.82) is 0 Å². The molecule has 0 saturated carbocycles. The Morgan fingerprint density at radius 3 is 2.70 bits per heavy atom. The lowest BCUT2D eigenvalue weighted by Gasteiger charge is -2.42. The van der Waals surface area contributed by atoms with Gasteiger partial charge in [0, 0.05) is 30.9 Å². The van der Waals surface area contributed by atoms with Crippen LogP contribution in [0.4, 0.5) is 18.9 Å². The Labute approximate surface area is 121 Å². The molecule has 0 aromatic heterocycles. The Morgan fingerprint density at radius 2 is 2.10 bits per heavy atom. The highest BCUT2D eigenvalue weighted by Gasteiger charge is 2.35. The van der Waals surface area contributed by atoms with Crippen molar-refractivity contribution in [2.24, 2.45) is 0 Å². The van der Waals surface area contributed by atoms with Crippen molar-refractivity contribution in [2.45, 2.75) is 32.0 Å². The normalized spacial score (nSPS) is 24.0. The Kier molecular flexibility index (Phi) is 4.21. The number of halogens is 4. The van der Waals surface area contributed by atoms with Gasteiger partial charge in [0.25, 0.3) is 0 Å². The lowest BCUT2D eigenvalue weighted by Crippen LogP contribution is -2.58. The number of anilines is 1. The van der Waals surface area contributed by atoms with Crippen molar-refractivity contribution in [3.05, 3.63) is 28.8 Å². The van der Waals surface area contributed by atoms with Crippen LogP contribution in [0, 0.1) is 0 Å². The van der Waals surface area contributed by atoms with Crippen LogP contribution >= 0.6 is 11.6 Å². The fourth-order valence-electron chi connectivity index (χ4n) is 2.43. The van der Waals surface area contributed by atoms with E-state index in [-0.39, 0.29) is 10.6 Å². The van der Waals surface area contributed by atoms with Crippen molar-refractivity contribution in [2.75, 3.05) is 24.5 Å². The van der Waals surface area contributed by atoms with Gasteiger partial charge >= 0.3 is 6.18 Å². The van der Waals surface area contributed by atoms with Crippen LogP contribution in [0.25, 0.3) is 0 Å². The molecule has 20 heavy (non-hydrogen) atoms. The molecule has 0 spiro atoms. The van der Waals surface area contributed by atoms with Crippen LogP contribution in [0.5, 0.6) is 0 Å². The molecule has 0 aliphatic carbocycles. The number of piperazine rings is 1. The maximum Gasteiger partial charge on any atom is 0.417 e. The van der Waals surface area contributed by atoms with Gasteiger partial charge in [-0.3, -0.25) is 0 Å². The maximum absolute atomic E-state index is 12.9. The smallest absolute Gasteiger partial charge is 0.368 e. The number of nitrogens with one attached hydrogen (secondary N) is 1. The van der Waals surface area contributed by atoms with Crippen LogP contribution in [-0.4, -0.2) is 25.2 Å². The molecule has 2 rings (SSSR count). The summed E-state index contributed by atoms with van der Waals surface area (Å²) in [5.74, 6) is 0. The minimum atomic E-state index is -4.42. The van der Waals surface area contributed by atoms with E-state index < -0.39 is 11.7 Å². The largest absolute Gasteiger partial charge is 0.417 e. The van der Waals surface area contributed by atoms with Crippen LogP contribution in [0.2, 0.25) is 5.02 Å². The predicted octanol–water partition coefficient (Wildman–Crippen LogP) is 3.94. The summed E-state index contributed by atoms with van der Waals surface area (Å²) < 4.78 is 38.7. The molecule has 0 radical (unpaired) electrons. The Morgan fingerprint density at radius 1 is 1.40 bits per heavy atom. The molecule has 1 aliphatic rings. The summed E-state index contributed by atoms with van der Waals surface area (Å²) in [5.41, 5.74) is -0.271. The molecular weight excluding hydrogens is 289 g/mol. The van der Waals surface area contributed by atoms with Gasteiger partial charge in [0.05, 0.1) is 10.6 Å². The third-order valence-corrected chi connectivity index (χ3v) is 4.20. The predicted molar refractivity (Wildman–Crippen MR) is 75.4 cm³/mol. The zero-order chi connectivity index (χ0) is 15.0. The third kappa shape index (κ3) is 3.20. The molecule has 1 heterocycles. The quantitative estimate of drug-likeness (QED) is 0.890. The van der Waals surface area contributed by atoms with Crippen molar-refractivity contribution in [3.63, 3.8) is 0 Å². The monoisotopic (exact) mass is 306 g/mol. The standard InChI is InChI=1S/C14H18ClF3N2/c1-3-13(2)9-20(7-6-19-13)10-4-5-12(15)11(8-10)14(16,17)18/h4-5,8,19H,3,6-7,9H2,1-2H3. The van der Waals surface area contributed by atoms with E-state index >= 15 is 0 Å².